The van der Waals surface area contributed by atoms with Crippen molar-refractivity contribution in [2.75, 3.05) is 32.8 Å². The smallest absolute Gasteiger partial charge is 0.161 e. The van der Waals surface area contributed by atoms with Crippen LogP contribution in [-0.2, 0) is 0 Å². The Morgan fingerprint density at radius 1 is 1.25 bits per heavy atom. The van der Waals surface area contributed by atoms with Crippen molar-refractivity contribution in [3.05, 3.63) is 23.8 Å². The second-order valence-corrected chi connectivity index (χ2v) is 6.77. The van der Waals surface area contributed by atoms with Gasteiger partial charge in [-0.1, -0.05) is 6.07 Å². The minimum atomic E-state index is 0.0788. The molecule has 2 atom stereocenters. The molecule has 5 rings (SSSR count). The van der Waals surface area contributed by atoms with Crippen LogP contribution in [0.5, 0.6) is 11.5 Å². The highest BCUT2D eigenvalue weighted by Gasteiger charge is 2.49. The maximum atomic E-state index is 10.00. The average Bonchev–Trinajstić information content (AvgIpc) is 3.00. The summed E-state index contributed by atoms with van der Waals surface area (Å²) in [6, 6.07) is 5.94. The number of rotatable bonds is 5. The molecule has 3 saturated heterocycles. The fourth-order valence-corrected chi connectivity index (χ4v) is 4.41. The monoisotopic (exact) mass is 331 g/mol. The summed E-state index contributed by atoms with van der Waals surface area (Å²) >= 11 is 0. The topological polar surface area (TPSA) is 68.5 Å². The first-order chi connectivity index (χ1) is 11.7. The lowest BCUT2D eigenvalue weighted by atomic mass is 9.78. The molecule has 0 spiro atoms. The zero-order chi connectivity index (χ0) is 16.7. The van der Waals surface area contributed by atoms with Gasteiger partial charge in [-0.05, 0) is 50.6 Å². The van der Waals surface area contributed by atoms with E-state index in [4.69, 9.17) is 9.84 Å². The Balaban J connectivity index is 1.71. The predicted molar refractivity (Wildman–Crippen MR) is 91.3 cm³/mol. The Bertz CT molecular complexity index is 640. The molecular weight excluding hydrogens is 306 g/mol. The Kier molecular flexibility index (Phi) is 4.10. The molecule has 130 valence electrons. The van der Waals surface area contributed by atoms with E-state index in [0.29, 0.717) is 24.8 Å². The summed E-state index contributed by atoms with van der Waals surface area (Å²) in [5, 5.41) is 26.4. The number of hydrogen-bond donors (Lipinski definition) is 2. The molecule has 6 nitrogen and oxygen atoms in total. The molecule has 0 saturated carbocycles. The van der Waals surface area contributed by atoms with Crippen LogP contribution in [0.4, 0.5) is 0 Å². The summed E-state index contributed by atoms with van der Waals surface area (Å²) in [4.78, 5) is 2.52. The lowest BCUT2D eigenvalue weighted by Gasteiger charge is -2.46. The minimum Gasteiger partial charge on any atom is -0.504 e. The molecule has 1 aromatic rings. The molecule has 2 bridgehead atoms. The van der Waals surface area contributed by atoms with Crippen molar-refractivity contribution in [2.24, 2.45) is 11.0 Å². The van der Waals surface area contributed by atoms with Gasteiger partial charge in [-0.2, -0.15) is 5.10 Å². The van der Waals surface area contributed by atoms with Gasteiger partial charge in [0.25, 0.3) is 0 Å². The molecular formula is C18H25N3O3. The summed E-state index contributed by atoms with van der Waals surface area (Å²) < 4.78 is 5.56. The molecule has 0 aliphatic carbocycles. The summed E-state index contributed by atoms with van der Waals surface area (Å²) in [6.45, 7) is 5.27. The third-order valence-corrected chi connectivity index (χ3v) is 5.46. The van der Waals surface area contributed by atoms with Gasteiger partial charge in [0.1, 0.15) is 0 Å². The van der Waals surface area contributed by atoms with Crippen molar-refractivity contribution in [2.45, 2.75) is 31.8 Å². The van der Waals surface area contributed by atoms with Gasteiger partial charge in [0, 0.05) is 5.92 Å². The van der Waals surface area contributed by atoms with Gasteiger partial charge in [-0.3, -0.25) is 9.91 Å². The Labute approximate surface area is 142 Å². The Morgan fingerprint density at radius 2 is 2.04 bits per heavy atom. The summed E-state index contributed by atoms with van der Waals surface area (Å²) in [5.74, 6) is 1.26. The highest BCUT2D eigenvalue weighted by atomic mass is 16.5. The number of aromatic hydroxyl groups is 1. The van der Waals surface area contributed by atoms with Crippen LogP contribution in [0.1, 0.15) is 31.4 Å². The zero-order valence-corrected chi connectivity index (χ0v) is 14.1. The molecule has 4 heterocycles. The first-order valence-electron chi connectivity index (χ1n) is 8.88. The van der Waals surface area contributed by atoms with Crippen LogP contribution in [0.2, 0.25) is 0 Å². The number of aliphatic hydroxyl groups is 1. The van der Waals surface area contributed by atoms with Crippen molar-refractivity contribution >= 4 is 5.71 Å². The average molecular weight is 331 g/mol. The molecule has 1 aromatic carbocycles. The third kappa shape index (κ3) is 2.45. The van der Waals surface area contributed by atoms with Crippen LogP contribution < -0.4 is 4.74 Å². The van der Waals surface area contributed by atoms with Gasteiger partial charge in [0.05, 0.1) is 37.6 Å². The fourth-order valence-electron chi connectivity index (χ4n) is 4.41. The molecule has 2 unspecified atom stereocenters. The van der Waals surface area contributed by atoms with Gasteiger partial charge in [0.15, 0.2) is 11.5 Å². The molecule has 0 amide bonds. The van der Waals surface area contributed by atoms with Crippen LogP contribution in [0.15, 0.2) is 23.3 Å². The number of benzene rings is 1. The van der Waals surface area contributed by atoms with E-state index in [9.17, 15) is 10.2 Å². The van der Waals surface area contributed by atoms with Crippen LogP contribution in [-0.4, -0.2) is 64.7 Å². The lowest BCUT2D eigenvalue weighted by molar-refractivity contribution is 0.0873. The van der Waals surface area contributed by atoms with Gasteiger partial charge < -0.3 is 14.9 Å². The number of nitrogens with zero attached hydrogens (tertiary/aromatic N) is 3. The summed E-state index contributed by atoms with van der Waals surface area (Å²) in [5.41, 5.74) is 2.36. The van der Waals surface area contributed by atoms with Crippen molar-refractivity contribution in [3.8, 4) is 11.5 Å². The standard InChI is InChI=1S/C18H25N3O3/c1-2-24-15-11-13(3-4-14(15)23)17-18-16(19-21(17)9-10-22)12-5-7-20(18)8-6-12/h3-4,11-12,17-18,22-23H,2,5-10H2,1H3. The first kappa shape index (κ1) is 15.7. The molecule has 6 heteroatoms. The zero-order valence-electron chi connectivity index (χ0n) is 14.1. The molecule has 2 N–H and O–H groups in total. The van der Waals surface area contributed by atoms with E-state index >= 15 is 0 Å². The molecule has 4 aliphatic rings. The number of piperidine rings is 3. The maximum absolute atomic E-state index is 10.00. The lowest BCUT2D eigenvalue weighted by Crippen LogP contribution is -2.56. The van der Waals surface area contributed by atoms with Crippen molar-refractivity contribution in [3.63, 3.8) is 0 Å². The number of phenolic OH excluding ortho intramolecular Hbond substituents is 1. The van der Waals surface area contributed by atoms with E-state index in [1.807, 2.05) is 24.1 Å². The quantitative estimate of drug-likeness (QED) is 0.858. The van der Waals surface area contributed by atoms with Crippen molar-refractivity contribution in [1.82, 2.24) is 9.91 Å². The number of phenols is 1. The maximum Gasteiger partial charge on any atom is 0.161 e. The molecule has 24 heavy (non-hydrogen) atoms. The molecule has 0 radical (unpaired) electrons. The van der Waals surface area contributed by atoms with E-state index in [1.54, 1.807) is 6.07 Å². The van der Waals surface area contributed by atoms with Gasteiger partial charge in [0.2, 0.25) is 0 Å². The number of ether oxygens (including phenoxy) is 1. The largest absolute Gasteiger partial charge is 0.504 e. The van der Waals surface area contributed by atoms with Gasteiger partial charge >= 0.3 is 0 Å². The van der Waals surface area contributed by atoms with Crippen molar-refractivity contribution in [1.29, 1.82) is 0 Å². The van der Waals surface area contributed by atoms with E-state index in [-0.39, 0.29) is 24.4 Å². The van der Waals surface area contributed by atoms with Crippen LogP contribution in [0.25, 0.3) is 0 Å². The Hall–Kier alpha value is -1.79. The fraction of sp³-hybridized carbons (Fsp3) is 0.611. The molecule has 3 fully saturated rings. The summed E-state index contributed by atoms with van der Waals surface area (Å²) in [7, 11) is 0. The van der Waals surface area contributed by atoms with Gasteiger partial charge in [-0.15, -0.1) is 0 Å². The second kappa shape index (κ2) is 6.26. The number of fused-ring (bicyclic) bond motifs is 2. The molecule has 4 aliphatic heterocycles. The van der Waals surface area contributed by atoms with E-state index < -0.39 is 0 Å². The number of aliphatic hydroxyl groups excluding tert-OH is 1. The number of β-amino-alcohol motifs (C(OH)–C–C–N with tert-alkyl or cyclic N) is 1. The van der Waals surface area contributed by atoms with E-state index in [1.165, 1.54) is 18.6 Å². The summed E-state index contributed by atoms with van der Waals surface area (Å²) in [6.07, 6.45) is 2.38. The van der Waals surface area contributed by atoms with Crippen LogP contribution in [0, 0.1) is 5.92 Å². The van der Waals surface area contributed by atoms with E-state index in [2.05, 4.69) is 4.90 Å². The SMILES string of the molecule is CCOc1cc(C2C3C(=NN2CCO)C2CCN3CC2)ccc1O. The van der Waals surface area contributed by atoms with Gasteiger partial charge in [-0.25, -0.2) is 0 Å². The predicted octanol–water partition coefficient (Wildman–Crippen LogP) is 1.59. The highest BCUT2D eigenvalue weighted by Crippen LogP contribution is 2.44. The molecule has 0 aromatic heterocycles. The number of hydrazone groups is 1. The normalized spacial score (nSPS) is 31.1. The van der Waals surface area contributed by atoms with Crippen LogP contribution in [0.3, 0.4) is 0 Å². The third-order valence-electron chi connectivity index (χ3n) is 5.46. The minimum absolute atomic E-state index is 0.0788. The Morgan fingerprint density at radius 3 is 2.75 bits per heavy atom. The van der Waals surface area contributed by atoms with Crippen LogP contribution >= 0.6 is 0 Å². The van der Waals surface area contributed by atoms with E-state index in [0.717, 1.165) is 18.7 Å². The second-order valence-electron chi connectivity index (χ2n) is 6.77. The highest BCUT2D eigenvalue weighted by molar-refractivity contribution is 5.95. The van der Waals surface area contributed by atoms with Crippen molar-refractivity contribution < 1.29 is 14.9 Å². The first-order valence-corrected chi connectivity index (χ1v) is 8.88. The number of hydrogen-bond acceptors (Lipinski definition) is 6.